The Bertz CT molecular complexity index is 1700. The Morgan fingerprint density at radius 1 is 0.621 bits per heavy atom. The summed E-state index contributed by atoms with van der Waals surface area (Å²) in [7, 11) is 0. The number of rotatable bonds is 1. The molecule has 0 N–H and O–H groups in total. The van der Waals surface area contributed by atoms with E-state index in [4.69, 9.17) is 9.40 Å². The van der Waals surface area contributed by atoms with Crippen molar-refractivity contribution in [1.82, 2.24) is 14.0 Å². The minimum Gasteiger partial charge on any atom is -0.423 e. The Kier molecular flexibility index (Phi) is 2.71. The molecule has 0 unspecified atom stereocenters. The third-order valence-corrected chi connectivity index (χ3v) is 5.74. The highest BCUT2D eigenvalue weighted by Crippen LogP contribution is 2.36. The van der Waals surface area contributed by atoms with Crippen molar-refractivity contribution in [3.05, 3.63) is 91.0 Å². The third-order valence-electron chi connectivity index (χ3n) is 5.74. The molecule has 0 amide bonds. The van der Waals surface area contributed by atoms with E-state index in [0.29, 0.717) is 5.84 Å². The van der Waals surface area contributed by atoms with Gasteiger partial charge in [0.2, 0.25) is 0 Å². The fraction of sp³-hybridized carbons (Fsp3) is 0. The van der Waals surface area contributed by atoms with Crippen LogP contribution in [-0.4, -0.2) is 14.0 Å². The number of hydrogen-bond acceptors (Lipinski definition) is 2. The van der Waals surface area contributed by atoms with Crippen LogP contribution in [0.5, 0.6) is 0 Å². The second-order valence-electron chi connectivity index (χ2n) is 7.35. The highest BCUT2D eigenvalue weighted by molar-refractivity contribution is 6.13. The molecular weight excluding hydrogens is 358 g/mol. The Labute approximate surface area is 165 Å². The summed E-state index contributed by atoms with van der Waals surface area (Å²) >= 11 is 0. The number of imidazole rings is 1. The van der Waals surface area contributed by atoms with Gasteiger partial charge in [0.15, 0.2) is 5.58 Å². The first kappa shape index (κ1) is 14.9. The Morgan fingerprint density at radius 3 is 2.28 bits per heavy atom. The van der Waals surface area contributed by atoms with Gasteiger partial charge < -0.3 is 8.98 Å². The molecule has 0 bridgehead atoms. The lowest BCUT2D eigenvalue weighted by Gasteiger charge is -2.07. The SMILES string of the molecule is c1ccc(-n2c3ccccc3c3cc4c(cc32)nc2oc3ccccc3n24)cc1. The summed E-state index contributed by atoms with van der Waals surface area (Å²) in [6.07, 6.45) is 0. The van der Waals surface area contributed by atoms with E-state index in [1.165, 1.54) is 16.3 Å². The molecule has 0 aliphatic heterocycles. The van der Waals surface area contributed by atoms with Gasteiger partial charge >= 0.3 is 5.84 Å². The smallest absolute Gasteiger partial charge is 0.307 e. The molecule has 0 aliphatic carbocycles. The van der Waals surface area contributed by atoms with Gasteiger partial charge in [-0.05, 0) is 42.5 Å². The van der Waals surface area contributed by atoms with Crippen LogP contribution in [0.15, 0.2) is 95.4 Å². The zero-order valence-corrected chi connectivity index (χ0v) is 15.4. The highest BCUT2D eigenvalue weighted by Gasteiger charge is 2.17. The zero-order valence-electron chi connectivity index (χ0n) is 15.4. The maximum atomic E-state index is 5.99. The summed E-state index contributed by atoms with van der Waals surface area (Å²) in [6.45, 7) is 0. The number of fused-ring (bicyclic) bond motifs is 8. The molecule has 0 atom stereocenters. The van der Waals surface area contributed by atoms with E-state index in [-0.39, 0.29) is 0 Å². The van der Waals surface area contributed by atoms with Crippen LogP contribution in [0.2, 0.25) is 0 Å². The predicted molar refractivity (Wildman–Crippen MR) is 117 cm³/mol. The molecule has 0 saturated heterocycles. The first-order chi connectivity index (χ1) is 14.4. The minimum atomic E-state index is 0.629. The molecule has 4 nitrogen and oxygen atoms in total. The first-order valence-electron chi connectivity index (χ1n) is 9.67. The van der Waals surface area contributed by atoms with E-state index in [1.807, 2.05) is 24.3 Å². The fourth-order valence-electron chi connectivity index (χ4n) is 4.50. The lowest BCUT2D eigenvalue weighted by molar-refractivity contribution is 0.643. The quantitative estimate of drug-likeness (QED) is 0.337. The van der Waals surface area contributed by atoms with E-state index in [1.54, 1.807) is 0 Å². The molecule has 7 rings (SSSR count). The molecule has 0 saturated carbocycles. The molecule has 0 spiro atoms. The molecule has 7 aromatic rings. The van der Waals surface area contributed by atoms with Crippen LogP contribution in [0.1, 0.15) is 0 Å². The number of aromatic nitrogens is 3. The summed E-state index contributed by atoms with van der Waals surface area (Å²) < 4.78 is 10.4. The fourth-order valence-corrected chi connectivity index (χ4v) is 4.50. The van der Waals surface area contributed by atoms with Gasteiger partial charge in [0.25, 0.3) is 0 Å². The van der Waals surface area contributed by atoms with Crippen molar-refractivity contribution in [2.24, 2.45) is 0 Å². The highest BCUT2D eigenvalue weighted by atomic mass is 16.4. The molecule has 3 aromatic heterocycles. The van der Waals surface area contributed by atoms with Gasteiger partial charge in [-0.3, -0.25) is 4.40 Å². The zero-order chi connectivity index (χ0) is 18.9. The van der Waals surface area contributed by atoms with Crippen molar-refractivity contribution in [3.8, 4) is 5.69 Å². The summed E-state index contributed by atoms with van der Waals surface area (Å²) in [5.74, 6) is 0.629. The summed E-state index contributed by atoms with van der Waals surface area (Å²) in [6, 6.07) is 31.5. The van der Waals surface area contributed by atoms with Crippen molar-refractivity contribution < 1.29 is 4.42 Å². The molecule has 29 heavy (non-hydrogen) atoms. The molecular formula is C25H15N3O. The summed E-state index contributed by atoms with van der Waals surface area (Å²) in [4.78, 5) is 4.79. The molecule has 136 valence electrons. The van der Waals surface area contributed by atoms with Crippen LogP contribution < -0.4 is 0 Å². The Balaban J connectivity index is 1.70. The van der Waals surface area contributed by atoms with Crippen LogP contribution in [0.25, 0.3) is 55.5 Å². The van der Waals surface area contributed by atoms with Gasteiger partial charge in [-0.15, -0.1) is 0 Å². The van der Waals surface area contributed by atoms with Crippen molar-refractivity contribution in [3.63, 3.8) is 0 Å². The molecule has 4 heteroatoms. The average molecular weight is 373 g/mol. The molecule has 0 radical (unpaired) electrons. The average Bonchev–Trinajstić information content (AvgIpc) is 3.40. The van der Waals surface area contributed by atoms with Crippen LogP contribution in [0.4, 0.5) is 0 Å². The van der Waals surface area contributed by atoms with E-state index in [2.05, 4.69) is 75.7 Å². The monoisotopic (exact) mass is 373 g/mol. The Morgan fingerprint density at radius 2 is 1.38 bits per heavy atom. The number of benzene rings is 4. The Hall–Kier alpha value is -4.05. The van der Waals surface area contributed by atoms with Gasteiger partial charge in [-0.25, -0.2) is 0 Å². The van der Waals surface area contributed by atoms with E-state index >= 15 is 0 Å². The molecule has 3 heterocycles. The predicted octanol–water partition coefficient (Wildman–Crippen LogP) is 6.33. The van der Waals surface area contributed by atoms with Gasteiger partial charge in [0, 0.05) is 16.5 Å². The van der Waals surface area contributed by atoms with Crippen molar-refractivity contribution in [2.75, 3.05) is 0 Å². The summed E-state index contributed by atoms with van der Waals surface area (Å²) in [5.41, 5.74) is 7.37. The van der Waals surface area contributed by atoms with E-state index in [0.717, 1.165) is 33.3 Å². The maximum Gasteiger partial charge on any atom is 0.307 e. The van der Waals surface area contributed by atoms with E-state index < -0.39 is 0 Å². The van der Waals surface area contributed by atoms with Gasteiger partial charge in [-0.1, -0.05) is 48.5 Å². The minimum absolute atomic E-state index is 0.629. The summed E-state index contributed by atoms with van der Waals surface area (Å²) in [5, 5.41) is 2.44. The van der Waals surface area contributed by atoms with Crippen LogP contribution in [0, 0.1) is 0 Å². The number of nitrogens with zero attached hydrogens (tertiary/aromatic N) is 3. The van der Waals surface area contributed by atoms with Crippen LogP contribution >= 0.6 is 0 Å². The third kappa shape index (κ3) is 1.90. The standard InChI is InChI=1S/C25H15N3O/c1-2-8-16(9-3-1)27-20-11-5-4-10-17(20)18-14-23-19(15-22(18)27)26-25-28(23)21-12-6-7-13-24(21)29-25/h1-15H. The first-order valence-corrected chi connectivity index (χ1v) is 9.67. The van der Waals surface area contributed by atoms with Crippen molar-refractivity contribution in [2.45, 2.75) is 0 Å². The van der Waals surface area contributed by atoms with Gasteiger partial charge in [0.1, 0.15) is 0 Å². The lowest BCUT2D eigenvalue weighted by atomic mass is 10.1. The topological polar surface area (TPSA) is 35.4 Å². The number of oxazole rings is 1. The van der Waals surface area contributed by atoms with Crippen LogP contribution in [-0.2, 0) is 0 Å². The van der Waals surface area contributed by atoms with E-state index in [9.17, 15) is 0 Å². The largest absolute Gasteiger partial charge is 0.423 e. The van der Waals surface area contributed by atoms with Crippen molar-refractivity contribution >= 4 is 49.8 Å². The van der Waals surface area contributed by atoms with Gasteiger partial charge in [-0.2, -0.15) is 4.98 Å². The van der Waals surface area contributed by atoms with Gasteiger partial charge in [0.05, 0.1) is 27.6 Å². The second kappa shape index (κ2) is 5.26. The molecule has 4 aromatic carbocycles. The number of para-hydroxylation sites is 4. The normalized spacial score (nSPS) is 12.1. The van der Waals surface area contributed by atoms with Crippen LogP contribution in [0.3, 0.4) is 0 Å². The van der Waals surface area contributed by atoms with Crippen molar-refractivity contribution in [1.29, 1.82) is 0 Å². The molecule has 0 aliphatic rings. The lowest BCUT2D eigenvalue weighted by Crippen LogP contribution is -1.92. The maximum absolute atomic E-state index is 5.99. The second-order valence-corrected chi connectivity index (χ2v) is 7.35. The number of hydrogen-bond donors (Lipinski definition) is 0. The molecule has 0 fully saturated rings.